The second kappa shape index (κ2) is 8.50. The van der Waals surface area contributed by atoms with E-state index in [0.29, 0.717) is 43.4 Å². The van der Waals surface area contributed by atoms with Gasteiger partial charge < -0.3 is 15.1 Å². The Labute approximate surface area is 194 Å². The lowest BCUT2D eigenvalue weighted by Crippen LogP contribution is -2.52. The Morgan fingerprint density at radius 1 is 1.09 bits per heavy atom. The number of carbonyl (C=O) groups is 3. The van der Waals surface area contributed by atoms with Crippen molar-refractivity contribution in [3.8, 4) is 5.69 Å². The van der Waals surface area contributed by atoms with Gasteiger partial charge in [0.2, 0.25) is 11.9 Å². The first-order chi connectivity index (χ1) is 16.5. The number of nitrogens with one attached hydrogen (secondary N) is 1. The fourth-order valence-electron chi connectivity index (χ4n) is 4.12. The summed E-state index contributed by atoms with van der Waals surface area (Å²) < 4.78 is 1.45. The van der Waals surface area contributed by atoms with Crippen LogP contribution in [0, 0.1) is 0 Å². The number of benzene rings is 1. The molecule has 4 amide bonds. The van der Waals surface area contributed by atoms with E-state index in [9.17, 15) is 14.4 Å². The van der Waals surface area contributed by atoms with Crippen molar-refractivity contribution in [2.45, 2.75) is 12.5 Å². The summed E-state index contributed by atoms with van der Waals surface area (Å²) >= 11 is 0. The fourth-order valence-corrected chi connectivity index (χ4v) is 4.12. The molecule has 4 heterocycles. The number of hydrogen-bond acceptors (Lipinski definition) is 9. The van der Waals surface area contributed by atoms with E-state index in [1.165, 1.54) is 11.0 Å². The van der Waals surface area contributed by atoms with Crippen LogP contribution in [0.3, 0.4) is 0 Å². The molecule has 3 aromatic rings. The lowest BCUT2D eigenvalue weighted by atomic mass is 9.91. The number of hydrogen-bond donors (Lipinski definition) is 1. The van der Waals surface area contributed by atoms with E-state index in [-0.39, 0.29) is 12.5 Å². The predicted molar refractivity (Wildman–Crippen MR) is 118 cm³/mol. The van der Waals surface area contributed by atoms with Crippen molar-refractivity contribution in [3.63, 3.8) is 0 Å². The first kappa shape index (κ1) is 21.4. The lowest BCUT2D eigenvalue weighted by Gasteiger charge is -2.35. The van der Waals surface area contributed by atoms with Crippen LogP contribution in [0.5, 0.6) is 0 Å². The van der Waals surface area contributed by atoms with Crippen molar-refractivity contribution in [2.75, 3.05) is 37.6 Å². The van der Waals surface area contributed by atoms with Gasteiger partial charge in [0.25, 0.3) is 5.91 Å². The van der Waals surface area contributed by atoms with Crippen molar-refractivity contribution in [2.24, 2.45) is 0 Å². The number of carbonyl (C=O) groups excluding carboxylic acids is 3. The molecule has 1 atom stereocenters. The maximum Gasteiger partial charge on any atom is 0.325 e. The van der Waals surface area contributed by atoms with Crippen LogP contribution in [0.25, 0.3) is 5.69 Å². The SMILES string of the molecule is C[C@@]1(c2cccc(-n3cnnn3)c2)NC(=O)N(CC(=O)N2CCN(c3ncccn3)CC2)C1=O. The Kier molecular flexibility index (Phi) is 5.36. The standard InChI is InChI=1S/C21H22N10O3/c1-21(15-4-2-5-16(12-15)31-14-24-26-27-31)18(33)30(20(34)25-21)13-17(32)28-8-10-29(11-9-28)19-22-6-3-7-23-19/h2-7,12,14H,8-11,13H2,1H3,(H,25,34)/t21-/m0/s1. The van der Waals surface area contributed by atoms with Crippen LogP contribution in [0.2, 0.25) is 0 Å². The molecule has 0 bridgehead atoms. The van der Waals surface area contributed by atoms with Crippen molar-refractivity contribution >= 4 is 23.8 Å². The molecule has 34 heavy (non-hydrogen) atoms. The third kappa shape index (κ3) is 3.80. The fraction of sp³-hybridized carbons (Fsp3) is 0.333. The summed E-state index contributed by atoms with van der Waals surface area (Å²) in [5, 5.41) is 13.8. The van der Waals surface area contributed by atoms with Gasteiger partial charge >= 0.3 is 6.03 Å². The molecule has 0 saturated carbocycles. The number of tetrazole rings is 1. The van der Waals surface area contributed by atoms with E-state index in [4.69, 9.17) is 0 Å². The minimum Gasteiger partial charge on any atom is -0.338 e. The van der Waals surface area contributed by atoms with Crippen LogP contribution in [0.15, 0.2) is 49.1 Å². The number of amides is 4. The van der Waals surface area contributed by atoms with Crippen molar-refractivity contribution in [1.82, 2.24) is 45.3 Å². The van der Waals surface area contributed by atoms with Crippen LogP contribution >= 0.6 is 0 Å². The first-order valence-electron chi connectivity index (χ1n) is 10.7. The number of anilines is 1. The zero-order chi connectivity index (χ0) is 23.7. The van der Waals surface area contributed by atoms with E-state index in [2.05, 4.69) is 30.8 Å². The third-order valence-electron chi connectivity index (χ3n) is 6.07. The number of rotatable bonds is 5. The molecule has 2 saturated heterocycles. The molecule has 2 aliphatic heterocycles. The van der Waals surface area contributed by atoms with E-state index in [0.717, 1.165) is 4.90 Å². The number of nitrogens with zero attached hydrogens (tertiary/aromatic N) is 9. The molecule has 0 radical (unpaired) electrons. The highest BCUT2D eigenvalue weighted by Gasteiger charge is 2.50. The third-order valence-corrected chi connectivity index (χ3v) is 6.07. The summed E-state index contributed by atoms with van der Waals surface area (Å²) in [6.07, 6.45) is 4.78. The molecule has 2 aliphatic rings. The van der Waals surface area contributed by atoms with E-state index >= 15 is 0 Å². The molecule has 13 nitrogen and oxygen atoms in total. The molecule has 1 aromatic carbocycles. The van der Waals surface area contributed by atoms with E-state index in [1.807, 2.05) is 4.90 Å². The normalized spacial score (nSPS) is 20.6. The summed E-state index contributed by atoms with van der Waals surface area (Å²) in [5.74, 6) is -0.164. The van der Waals surface area contributed by atoms with Crippen LogP contribution in [0.1, 0.15) is 12.5 Å². The van der Waals surface area contributed by atoms with Crippen LogP contribution < -0.4 is 10.2 Å². The van der Waals surface area contributed by atoms with Gasteiger partial charge in [-0.05, 0) is 41.1 Å². The van der Waals surface area contributed by atoms with Gasteiger partial charge in [0.15, 0.2) is 0 Å². The average molecular weight is 462 g/mol. The van der Waals surface area contributed by atoms with Crippen LogP contribution in [0.4, 0.5) is 10.7 Å². The summed E-state index contributed by atoms with van der Waals surface area (Å²) in [7, 11) is 0. The molecule has 174 valence electrons. The Balaban J connectivity index is 1.26. The molecule has 2 aromatic heterocycles. The summed E-state index contributed by atoms with van der Waals surface area (Å²) in [4.78, 5) is 52.0. The van der Waals surface area contributed by atoms with Crippen molar-refractivity contribution in [3.05, 3.63) is 54.6 Å². The van der Waals surface area contributed by atoms with E-state index < -0.39 is 17.5 Å². The monoisotopic (exact) mass is 462 g/mol. The Morgan fingerprint density at radius 2 is 1.85 bits per heavy atom. The number of urea groups is 1. The summed E-state index contributed by atoms with van der Waals surface area (Å²) in [6, 6.07) is 8.14. The van der Waals surface area contributed by atoms with Crippen molar-refractivity contribution < 1.29 is 14.4 Å². The van der Waals surface area contributed by atoms with Gasteiger partial charge in [-0.3, -0.25) is 14.5 Å². The molecular weight excluding hydrogens is 440 g/mol. The van der Waals surface area contributed by atoms with Gasteiger partial charge in [-0.25, -0.2) is 19.4 Å². The summed E-state index contributed by atoms with van der Waals surface area (Å²) in [5.41, 5.74) is -0.115. The smallest absolute Gasteiger partial charge is 0.325 e. The van der Waals surface area contributed by atoms with Crippen molar-refractivity contribution in [1.29, 1.82) is 0 Å². The minimum atomic E-state index is -1.31. The number of aromatic nitrogens is 6. The van der Waals surface area contributed by atoms with Gasteiger partial charge in [-0.15, -0.1) is 5.10 Å². The zero-order valence-corrected chi connectivity index (χ0v) is 18.4. The predicted octanol–water partition coefficient (Wildman–Crippen LogP) is -0.432. The molecule has 0 unspecified atom stereocenters. The number of piperazine rings is 1. The number of imide groups is 1. The molecule has 0 aliphatic carbocycles. The molecule has 1 N–H and O–H groups in total. The molecule has 13 heteroatoms. The Morgan fingerprint density at radius 3 is 2.56 bits per heavy atom. The maximum atomic E-state index is 13.3. The van der Waals surface area contributed by atoms with Gasteiger partial charge in [0.1, 0.15) is 18.4 Å². The lowest BCUT2D eigenvalue weighted by molar-refractivity contribution is -0.139. The molecule has 0 spiro atoms. The average Bonchev–Trinajstić information content (AvgIpc) is 3.49. The quantitative estimate of drug-likeness (QED) is 0.500. The molecular formula is C21H22N10O3. The highest BCUT2D eigenvalue weighted by molar-refractivity contribution is 6.09. The largest absolute Gasteiger partial charge is 0.338 e. The first-order valence-corrected chi connectivity index (χ1v) is 10.7. The highest BCUT2D eigenvalue weighted by Crippen LogP contribution is 2.30. The Bertz CT molecular complexity index is 1210. The second-order valence-corrected chi connectivity index (χ2v) is 8.17. The van der Waals surface area contributed by atoms with Crippen LogP contribution in [-0.2, 0) is 15.1 Å². The maximum absolute atomic E-state index is 13.3. The van der Waals surface area contributed by atoms with Crippen LogP contribution in [-0.4, -0.2) is 90.5 Å². The highest BCUT2D eigenvalue weighted by atomic mass is 16.2. The van der Waals surface area contributed by atoms with E-state index in [1.54, 1.807) is 54.5 Å². The van der Waals surface area contributed by atoms with Gasteiger partial charge in [0.05, 0.1) is 5.69 Å². The summed E-state index contributed by atoms with van der Waals surface area (Å²) in [6.45, 7) is 3.33. The second-order valence-electron chi connectivity index (χ2n) is 8.17. The Hall–Kier alpha value is -4.42. The van der Waals surface area contributed by atoms with Gasteiger partial charge in [-0.1, -0.05) is 12.1 Å². The van der Waals surface area contributed by atoms with Gasteiger partial charge in [-0.2, -0.15) is 0 Å². The van der Waals surface area contributed by atoms with Gasteiger partial charge in [0, 0.05) is 38.6 Å². The minimum absolute atomic E-state index is 0.288. The zero-order valence-electron chi connectivity index (χ0n) is 18.4. The molecule has 2 fully saturated rings. The molecule has 5 rings (SSSR count). The topological polar surface area (TPSA) is 142 Å².